The predicted octanol–water partition coefficient (Wildman–Crippen LogP) is 3.72. The molecule has 0 aliphatic heterocycles. The molecule has 4 heteroatoms. The number of halogens is 1. The van der Waals surface area contributed by atoms with Crippen LogP contribution < -0.4 is 5.32 Å². The third-order valence-electron chi connectivity index (χ3n) is 1.88. The first-order chi connectivity index (χ1) is 7.74. The summed E-state index contributed by atoms with van der Waals surface area (Å²) in [7, 11) is 0. The lowest BCUT2D eigenvalue weighted by Gasteiger charge is -2.23. The highest BCUT2D eigenvalue weighted by molar-refractivity contribution is 6.18. The van der Waals surface area contributed by atoms with Gasteiger partial charge in [0.05, 0.1) is 6.04 Å². The number of carbonyl (C=O) groups excluding carboxylic acids is 1. The van der Waals surface area contributed by atoms with Gasteiger partial charge in [-0.3, -0.25) is 0 Å². The van der Waals surface area contributed by atoms with Gasteiger partial charge < -0.3 is 10.1 Å². The fourth-order valence-electron chi connectivity index (χ4n) is 1.37. The quantitative estimate of drug-likeness (QED) is 0.605. The molecule has 1 atom stereocenters. The van der Waals surface area contributed by atoms with Crippen molar-refractivity contribution in [2.75, 3.05) is 5.88 Å². The van der Waals surface area contributed by atoms with Crippen molar-refractivity contribution in [1.29, 1.82) is 0 Å². The van der Waals surface area contributed by atoms with Gasteiger partial charge in [0.2, 0.25) is 0 Å². The van der Waals surface area contributed by atoms with Gasteiger partial charge in [-0.1, -0.05) is 26.0 Å². The van der Waals surface area contributed by atoms with Crippen molar-refractivity contribution >= 4 is 17.7 Å². The van der Waals surface area contributed by atoms with Crippen LogP contribution in [0.1, 0.15) is 41.0 Å². The van der Waals surface area contributed by atoms with E-state index in [1.807, 2.05) is 32.9 Å². The van der Waals surface area contributed by atoms with Gasteiger partial charge in [-0.05, 0) is 33.1 Å². The molecule has 0 saturated carbocycles. The molecule has 0 unspecified atom stereocenters. The van der Waals surface area contributed by atoms with Gasteiger partial charge in [0, 0.05) is 5.88 Å². The number of hydrogen-bond acceptors (Lipinski definition) is 2. The first kappa shape index (κ1) is 16.3. The van der Waals surface area contributed by atoms with E-state index >= 15 is 0 Å². The second-order valence-corrected chi connectivity index (χ2v) is 5.77. The highest BCUT2D eigenvalue weighted by atomic mass is 35.5. The second kappa shape index (κ2) is 7.59. The fourth-order valence-corrected chi connectivity index (χ4v) is 1.47. The van der Waals surface area contributed by atoms with Gasteiger partial charge in [0.15, 0.2) is 0 Å². The molecule has 1 amide bonds. The first-order valence-electron chi connectivity index (χ1n) is 5.96. The zero-order chi connectivity index (χ0) is 13.5. The number of amides is 1. The van der Waals surface area contributed by atoms with E-state index in [0.29, 0.717) is 11.8 Å². The number of ether oxygens (including phenoxy) is 1. The molecular formula is C13H24ClNO2. The molecule has 3 nitrogen and oxygen atoms in total. The number of nitrogens with one attached hydrogen (secondary N) is 1. The minimum absolute atomic E-state index is 0.0244. The SMILES string of the molecule is CC(C)C[C@@H](C=CCCl)NC(=O)OC(C)(C)C. The van der Waals surface area contributed by atoms with Crippen molar-refractivity contribution in [2.24, 2.45) is 5.92 Å². The molecule has 100 valence electrons. The summed E-state index contributed by atoms with van der Waals surface area (Å²) in [5.41, 5.74) is -0.470. The van der Waals surface area contributed by atoms with Crippen LogP contribution in [0.25, 0.3) is 0 Å². The molecule has 0 fully saturated rings. The minimum Gasteiger partial charge on any atom is -0.444 e. The molecule has 0 aromatic rings. The molecule has 0 aliphatic rings. The summed E-state index contributed by atoms with van der Waals surface area (Å²) in [6, 6.07) is -0.0244. The number of alkyl halides is 1. The highest BCUT2D eigenvalue weighted by Gasteiger charge is 2.18. The average Bonchev–Trinajstić information content (AvgIpc) is 2.09. The predicted molar refractivity (Wildman–Crippen MR) is 72.5 cm³/mol. The van der Waals surface area contributed by atoms with Crippen LogP contribution in [0.5, 0.6) is 0 Å². The molecule has 0 bridgehead atoms. The molecule has 0 spiro atoms. The lowest BCUT2D eigenvalue weighted by atomic mass is 10.0. The topological polar surface area (TPSA) is 38.3 Å². The summed E-state index contributed by atoms with van der Waals surface area (Å²) in [6.07, 6.45) is 4.23. The Balaban J connectivity index is 4.32. The molecule has 0 saturated heterocycles. The van der Waals surface area contributed by atoms with E-state index in [4.69, 9.17) is 16.3 Å². The Morgan fingerprint density at radius 2 is 2.00 bits per heavy atom. The van der Waals surface area contributed by atoms with Crippen LogP contribution in [-0.4, -0.2) is 23.6 Å². The molecule has 0 aromatic carbocycles. The van der Waals surface area contributed by atoms with Crippen molar-refractivity contribution in [3.63, 3.8) is 0 Å². The molecule has 0 aliphatic carbocycles. The number of carbonyl (C=O) groups is 1. The fraction of sp³-hybridized carbons (Fsp3) is 0.769. The molecule has 1 N–H and O–H groups in total. The summed E-state index contributed by atoms with van der Waals surface area (Å²) in [5.74, 6) is 0.944. The van der Waals surface area contributed by atoms with Crippen LogP contribution in [0, 0.1) is 5.92 Å². The Labute approximate surface area is 110 Å². The summed E-state index contributed by atoms with van der Waals surface area (Å²) >= 11 is 5.59. The van der Waals surface area contributed by atoms with E-state index < -0.39 is 5.60 Å². The zero-order valence-electron chi connectivity index (χ0n) is 11.4. The van der Waals surface area contributed by atoms with Crippen LogP contribution in [-0.2, 0) is 4.74 Å². The summed E-state index contributed by atoms with van der Waals surface area (Å²) in [5, 5.41) is 2.83. The Morgan fingerprint density at radius 3 is 2.41 bits per heavy atom. The van der Waals surface area contributed by atoms with Gasteiger partial charge in [-0.25, -0.2) is 4.79 Å². The van der Waals surface area contributed by atoms with Gasteiger partial charge in [0.1, 0.15) is 5.60 Å². The maximum absolute atomic E-state index is 11.6. The molecule has 0 rings (SSSR count). The highest BCUT2D eigenvalue weighted by Crippen LogP contribution is 2.10. The Hall–Kier alpha value is -0.700. The van der Waals surface area contributed by atoms with E-state index in [9.17, 15) is 4.79 Å². The van der Waals surface area contributed by atoms with Crippen LogP contribution >= 0.6 is 11.6 Å². The monoisotopic (exact) mass is 261 g/mol. The van der Waals surface area contributed by atoms with Crippen LogP contribution in [0.15, 0.2) is 12.2 Å². The molecule has 0 radical (unpaired) electrons. The molecule has 0 heterocycles. The first-order valence-corrected chi connectivity index (χ1v) is 6.50. The smallest absolute Gasteiger partial charge is 0.408 e. The zero-order valence-corrected chi connectivity index (χ0v) is 12.2. The Kier molecular flexibility index (Phi) is 7.28. The van der Waals surface area contributed by atoms with Gasteiger partial charge in [-0.2, -0.15) is 0 Å². The Morgan fingerprint density at radius 1 is 1.41 bits per heavy atom. The summed E-state index contributed by atoms with van der Waals surface area (Å²) < 4.78 is 5.21. The number of alkyl carbamates (subject to hydrolysis) is 1. The van der Waals surface area contributed by atoms with Crippen LogP contribution in [0.3, 0.4) is 0 Å². The van der Waals surface area contributed by atoms with E-state index in [1.165, 1.54) is 0 Å². The normalized spacial score (nSPS) is 14.1. The molecular weight excluding hydrogens is 238 g/mol. The van der Waals surface area contributed by atoms with E-state index in [1.54, 1.807) is 0 Å². The third-order valence-corrected chi connectivity index (χ3v) is 2.06. The molecule has 0 aromatic heterocycles. The lowest BCUT2D eigenvalue weighted by molar-refractivity contribution is 0.0510. The second-order valence-electron chi connectivity index (χ2n) is 5.46. The van der Waals surface area contributed by atoms with Gasteiger partial charge >= 0.3 is 6.09 Å². The Bertz CT molecular complexity index is 257. The number of rotatable bonds is 5. The van der Waals surface area contributed by atoms with E-state index in [-0.39, 0.29) is 12.1 Å². The summed E-state index contributed by atoms with van der Waals surface area (Å²) in [6.45, 7) is 9.76. The third kappa shape index (κ3) is 10.2. The molecule has 17 heavy (non-hydrogen) atoms. The van der Waals surface area contributed by atoms with Gasteiger partial charge in [0.25, 0.3) is 0 Å². The van der Waals surface area contributed by atoms with Crippen LogP contribution in [0.4, 0.5) is 4.79 Å². The maximum Gasteiger partial charge on any atom is 0.408 e. The number of hydrogen-bond donors (Lipinski definition) is 1. The summed E-state index contributed by atoms with van der Waals surface area (Å²) in [4.78, 5) is 11.6. The van der Waals surface area contributed by atoms with Crippen molar-refractivity contribution in [2.45, 2.75) is 52.7 Å². The van der Waals surface area contributed by atoms with Crippen molar-refractivity contribution in [3.8, 4) is 0 Å². The van der Waals surface area contributed by atoms with Crippen molar-refractivity contribution < 1.29 is 9.53 Å². The maximum atomic E-state index is 11.6. The van der Waals surface area contributed by atoms with Crippen molar-refractivity contribution in [3.05, 3.63) is 12.2 Å². The van der Waals surface area contributed by atoms with Gasteiger partial charge in [-0.15, -0.1) is 11.6 Å². The largest absolute Gasteiger partial charge is 0.444 e. The number of allylic oxidation sites excluding steroid dienone is 1. The standard InChI is InChI=1S/C13H24ClNO2/c1-10(2)9-11(7-6-8-14)15-12(16)17-13(3,4)5/h6-7,10-11H,8-9H2,1-5H3,(H,15,16)/t11-/m1/s1. The van der Waals surface area contributed by atoms with E-state index in [2.05, 4.69) is 19.2 Å². The van der Waals surface area contributed by atoms with Crippen LogP contribution in [0.2, 0.25) is 0 Å². The van der Waals surface area contributed by atoms with Crippen molar-refractivity contribution in [1.82, 2.24) is 5.32 Å². The average molecular weight is 262 g/mol. The minimum atomic E-state index is -0.470. The lowest BCUT2D eigenvalue weighted by Crippen LogP contribution is -2.38. The van der Waals surface area contributed by atoms with E-state index in [0.717, 1.165) is 6.42 Å².